The topological polar surface area (TPSA) is 39.1 Å². The number of rotatable bonds is 5. The summed E-state index contributed by atoms with van der Waals surface area (Å²) in [6.45, 7) is 3.83. The van der Waals surface area contributed by atoms with Crippen LogP contribution in [0.4, 0.5) is 0 Å². The van der Waals surface area contributed by atoms with Gasteiger partial charge < -0.3 is 0 Å². The number of hydrogen-bond acceptors (Lipinski definition) is 2. The third-order valence-corrected chi connectivity index (χ3v) is 7.00. The van der Waals surface area contributed by atoms with Gasteiger partial charge in [0.15, 0.2) is 0 Å². The maximum absolute atomic E-state index is 13.4. The number of fused-ring (bicyclic) bond motifs is 1. The first-order chi connectivity index (χ1) is 14.0. The van der Waals surface area contributed by atoms with E-state index in [2.05, 4.69) is 24.3 Å². The van der Waals surface area contributed by atoms with Crippen molar-refractivity contribution < 1.29 is 8.42 Å². The summed E-state index contributed by atoms with van der Waals surface area (Å²) in [6.07, 6.45) is 4.82. The summed E-state index contributed by atoms with van der Waals surface area (Å²) in [4.78, 5) is 0.304. The van der Waals surface area contributed by atoms with E-state index in [-0.39, 0.29) is 0 Å². The minimum Gasteiger partial charge on any atom is -0.238 e. The molecule has 4 aromatic rings. The Morgan fingerprint density at radius 3 is 2.21 bits per heavy atom. The van der Waals surface area contributed by atoms with Crippen LogP contribution in [0.15, 0.2) is 89.8 Å². The fraction of sp³-hybridized carbons (Fsp3) is 0.120. The quantitative estimate of drug-likeness (QED) is 0.427. The summed E-state index contributed by atoms with van der Waals surface area (Å²) < 4.78 is 28.4. The fourth-order valence-corrected chi connectivity index (χ4v) is 5.24. The van der Waals surface area contributed by atoms with Crippen molar-refractivity contribution in [2.75, 3.05) is 0 Å². The summed E-state index contributed by atoms with van der Waals surface area (Å²) in [5, 5.41) is 0.971. The van der Waals surface area contributed by atoms with Gasteiger partial charge in [0.25, 0.3) is 10.0 Å². The lowest BCUT2D eigenvalue weighted by Gasteiger charge is -2.10. The van der Waals surface area contributed by atoms with Crippen molar-refractivity contribution in [2.45, 2.75) is 25.2 Å². The third kappa shape index (κ3) is 3.64. The van der Waals surface area contributed by atoms with Crippen molar-refractivity contribution in [2.24, 2.45) is 0 Å². The minimum absolute atomic E-state index is 0.304. The monoisotopic (exact) mass is 401 g/mol. The summed E-state index contributed by atoms with van der Waals surface area (Å²) in [6, 6.07) is 24.8. The molecule has 0 amide bonds. The van der Waals surface area contributed by atoms with Crippen LogP contribution < -0.4 is 0 Å². The van der Waals surface area contributed by atoms with Gasteiger partial charge in [-0.25, -0.2) is 12.4 Å². The van der Waals surface area contributed by atoms with E-state index >= 15 is 0 Å². The van der Waals surface area contributed by atoms with E-state index in [9.17, 15) is 8.42 Å². The lowest BCUT2D eigenvalue weighted by atomic mass is 10.1. The van der Waals surface area contributed by atoms with E-state index in [1.807, 2.05) is 68.4 Å². The highest BCUT2D eigenvalue weighted by atomic mass is 32.2. The second kappa shape index (κ2) is 7.72. The first-order valence-corrected chi connectivity index (χ1v) is 11.1. The molecule has 0 N–H and O–H groups in total. The van der Waals surface area contributed by atoms with Gasteiger partial charge in [0.2, 0.25) is 0 Å². The van der Waals surface area contributed by atoms with E-state index in [1.165, 1.54) is 3.97 Å². The molecular formula is C25H23NO2S. The van der Waals surface area contributed by atoms with Gasteiger partial charge in [-0.15, -0.1) is 0 Å². The van der Waals surface area contributed by atoms with Gasteiger partial charge in [0.05, 0.1) is 10.4 Å². The Labute approximate surface area is 172 Å². The van der Waals surface area contributed by atoms with Crippen molar-refractivity contribution in [3.63, 3.8) is 0 Å². The first kappa shape index (κ1) is 19.2. The molecule has 0 fully saturated rings. The van der Waals surface area contributed by atoms with Crippen molar-refractivity contribution in [1.82, 2.24) is 3.97 Å². The van der Waals surface area contributed by atoms with Crippen molar-refractivity contribution in [1.29, 1.82) is 0 Å². The second-order valence-electron chi connectivity index (χ2n) is 7.18. The predicted molar refractivity (Wildman–Crippen MR) is 120 cm³/mol. The Balaban J connectivity index is 1.81. The van der Waals surface area contributed by atoms with Gasteiger partial charge in [0.1, 0.15) is 0 Å². The number of hydrogen-bond donors (Lipinski definition) is 0. The molecule has 0 aliphatic rings. The van der Waals surface area contributed by atoms with Crippen LogP contribution in [-0.2, 0) is 16.4 Å². The average Bonchev–Trinajstić information content (AvgIpc) is 3.01. The maximum Gasteiger partial charge on any atom is 0.268 e. The van der Waals surface area contributed by atoms with E-state index in [1.54, 1.807) is 12.1 Å². The predicted octanol–water partition coefficient (Wildman–Crippen LogP) is 5.75. The van der Waals surface area contributed by atoms with Gasteiger partial charge in [-0.3, -0.25) is 0 Å². The molecular weight excluding hydrogens is 378 g/mol. The van der Waals surface area contributed by atoms with Gasteiger partial charge >= 0.3 is 0 Å². The molecule has 29 heavy (non-hydrogen) atoms. The van der Waals surface area contributed by atoms with Crippen LogP contribution >= 0.6 is 0 Å². The number of allylic oxidation sites excluding steroid dienone is 1. The highest BCUT2D eigenvalue weighted by molar-refractivity contribution is 7.90. The number of benzene rings is 3. The minimum atomic E-state index is -3.68. The summed E-state index contributed by atoms with van der Waals surface area (Å²) in [5.41, 5.74) is 4.66. The second-order valence-corrected chi connectivity index (χ2v) is 8.97. The van der Waals surface area contributed by atoms with Gasteiger partial charge in [-0.2, -0.15) is 0 Å². The Bertz CT molecular complexity index is 1280. The van der Waals surface area contributed by atoms with Crippen LogP contribution in [-0.4, -0.2) is 12.4 Å². The van der Waals surface area contributed by atoms with Gasteiger partial charge in [-0.1, -0.05) is 78.4 Å². The maximum atomic E-state index is 13.4. The van der Waals surface area contributed by atoms with Crippen LogP contribution in [0.25, 0.3) is 17.0 Å². The molecule has 4 heteroatoms. The number of aryl methyl sites for hydroxylation is 1. The number of para-hydroxylation sites is 1. The van der Waals surface area contributed by atoms with Crippen LogP contribution in [0.1, 0.15) is 22.4 Å². The van der Waals surface area contributed by atoms with Crippen molar-refractivity contribution in [3.8, 4) is 0 Å². The molecule has 0 aliphatic heterocycles. The zero-order valence-corrected chi connectivity index (χ0v) is 17.4. The summed E-state index contributed by atoms with van der Waals surface area (Å²) in [7, 11) is -3.68. The highest BCUT2D eigenvalue weighted by Crippen LogP contribution is 2.30. The van der Waals surface area contributed by atoms with E-state index < -0.39 is 10.0 Å². The third-order valence-electron chi connectivity index (χ3n) is 5.18. The molecule has 0 saturated carbocycles. The molecule has 1 heterocycles. The van der Waals surface area contributed by atoms with Crippen molar-refractivity contribution >= 4 is 27.0 Å². The number of aromatic nitrogens is 1. The molecule has 0 aliphatic carbocycles. The van der Waals surface area contributed by atoms with Crippen LogP contribution in [0.3, 0.4) is 0 Å². The molecule has 0 spiro atoms. The van der Waals surface area contributed by atoms with Gasteiger partial charge in [0, 0.05) is 11.1 Å². The SMILES string of the molecule is Cc1ccc(S(=O)(=O)n2c(C)c(C/C=C/c3ccccc3)c3ccccc32)cc1. The van der Waals surface area contributed by atoms with Crippen LogP contribution in [0.2, 0.25) is 0 Å². The standard InChI is InChI=1S/C25H23NO2S/c1-19-15-17-22(18-16-19)29(27,28)26-20(2)23(24-12-6-7-14-25(24)26)13-8-11-21-9-4-3-5-10-21/h3-12,14-18H,13H2,1-2H3/b11-8+. The average molecular weight is 402 g/mol. The Morgan fingerprint density at radius 2 is 1.48 bits per heavy atom. The van der Waals surface area contributed by atoms with Crippen molar-refractivity contribution in [3.05, 3.63) is 107 Å². The largest absolute Gasteiger partial charge is 0.268 e. The molecule has 146 valence electrons. The molecule has 0 atom stereocenters. The Hall–Kier alpha value is -3.11. The molecule has 3 aromatic carbocycles. The molecule has 1 aromatic heterocycles. The van der Waals surface area contributed by atoms with E-state index in [4.69, 9.17) is 0 Å². The molecule has 0 unspecified atom stereocenters. The lowest BCUT2D eigenvalue weighted by Crippen LogP contribution is -2.14. The zero-order chi connectivity index (χ0) is 20.4. The molecule has 4 rings (SSSR count). The Morgan fingerprint density at radius 1 is 0.828 bits per heavy atom. The number of nitrogens with zero attached hydrogens (tertiary/aromatic N) is 1. The molecule has 0 radical (unpaired) electrons. The highest BCUT2D eigenvalue weighted by Gasteiger charge is 2.24. The molecule has 0 saturated heterocycles. The van der Waals surface area contributed by atoms with E-state index in [0.29, 0.717) is 16.8 Å². The summed E-state index contributed by atoms with van der Waals surface area (Å²) in [5.74, 6) is 0. The molecule has 0 bridgehead atoms. The fourth-order valence-electron chi connectivity index (χ4n) is 3.66. The normalized spacial score (nSPS) is 12.1. The van der Waals surface area contributed by atoms with Gasteiger partial charge in [-0.05, 0) is 49.6 Å². The Kier molecular flexibility index (Phi) is 5.12. The molecule has 3 nitrogen and oxygen atoms in total. The van der Waals surface area contributed by atoms with E-state index in [0.717, 1.165) is 27.8 Å². The lowest BCUT2D eigenvalue weighted by molar-refractivity contribution is 0.588. The summed E-state index contributed by atoms with van der Waals surface area (Å²) >= 11 is 0. The zero-order valence-electron chi connectivity index (χ0n) is 16.5. The van der Waals surface area contributed by atoms with Crippen LogP contribution in [0, 0.1) is 13.8 Å². The smallest absolute Gasteiger partial charge is 0.238 e. The first-order valence-electron chi connectivity index (χ1n) is 9.61. The van der Waals surface area contributed by atoms with Crippen LogP contribution in [0.5, 0.6) is 0 Å².